The highest BCUT2D eigenvalue weighted by Gasteiger charge is 2.25. The third kappa shape index (κ3) is 4.13. The van der Waals surface area contributed by atoms with Crippen molar-refractivity contribution in [1.82, 2.24) is 10.3 Å². The second-order valence-electron chi connectivity index (χ2n) is 5.42. The number of carbonyl (C=O) groups is 1. The van der Waals surface area contributed by atoms with E-state index in [0.29, 0.717) is 6.07 Å². The van der Waals surface area contributed by atoms with Gasteiger partial charge in [-0.25, -0.2) is 18.6 Å². The molecule has 1 atom stereocenters. The van der Waals surface area contributed by atoms with Crippen LogP contribution in [0.4, 0.5) is 28.0 Å². The summed E-state index contributed by atoms with van der Waals surface area (Å²) in [6.07, 6.45) is 1.38. The maximum atomic E-state index is 13.6. The van der Waals surface area contributed by atoms with E-state index in [2.05, 4.69) is 20.4 Å². The van der Waals surface area contributed by atoms with Crippen molar-refractivity contribution in [2.75, 3.05) is 11.9 Å². The van der Waals surface area contributed by atoms with Crippen LogP contribution in [0.25, 0.3) is 0 Å². The second-order valence-corrected chi connectivity index (χ2v) is 5.42. The summed E-state index contributed by atoms with van der Waals surface area (Å²) in [6, 6.07) is 3.30. The van der Waals surface area contributed by atoms with Gasteiger partial charge in [-0.05, 0) is 24.6 Å². The lowest BCUT2D eigenvalue weighted by atomic mass is 10.0. The van der Waals surface area contributed by atoms with Gasteiger partial charge in [0.2, 0.25) is 5.88 Å². The molecule has 0 radical (unpaired) electrons. The van der Waals surface area contributed by atoms with Gasteiger partial charge < -0.3 is 20.1 Å². The highest BCUT2D eigenvalue weighted by atomic mass is 19.3. The van der Waals surface area contributed by atoms with Crippen LogP contribution in [-0.2, 0) is 6.42 Å². The Hall–Kier alpha value is -3.04. The number of fused-ring (bicyclic) bond motifs is 1. The van der Waals surface area contributed by atoms with Crippen LogP contribution in [0.1, 0.15) is 5.56 Å². The first-order valence-electron chi connectivity index (χ1n) is 7.50. The number of amides is 2. The molecule has 0 aliphatic carbocycles. The summed E-state index contributed by atoms with van der Waals surface area (Å²) in [5.74, 6) is -2.05. The predicted molar refractivity (Wildman–Crippen MR) is 82.4 cm³/mol. The van der Waals surface area contributed by atoms with Gasteiger partial charge in [-0.2, -0.15) is 8.78 Å². The van der Waals surface area contributed by atoms with Gasteiger partial charge in [-0.15, -0.1) is 0 Å². The molecule has 0 spiro atoms. The number of alkyl halides is 2. The lowest BCUT2D eigenvalue weighted by Gasteiger charge is -2.26. The lowest BCUT2D eigenvalue weighted by molar-refractivity contribution is -0.0523. The first-order valence-corrected chi connectivity index (χ1v) is 7.50. The van der Waals surface area contributed by atoms with E-state index in [1.807, 2.05) is 0 Å². The number of benzene rings is 1. The van der Waals surface area contributed by atoms with E-state index in [9.17, 15) is 22.4 Å². The number of halogens is 4. The van der Waals surface area contributed by atoms with Gasteiger partial charge in [0, 0.05) is 17.8 Å². The zero-order chi connectivity index (χ0) is 18.7. The Balaban J connectivity index is 1.64. The molecule has 1 unspecified atom stereocenters. The molecule has 138 valence electrons. The predicted octanol–water partition coefficient (Wildman–Crippen LogP) is 3.09. The topological polar surface area (TPSA) is 72.5 Å². The molecule has 0 saturated carbocycles. The number of hydrogen-bond donors (Lipinski definition) is 2. The van der Waals surface area contributed by atoms with Crippen molar-refractivity contribution in [2.45, 2.75) is 19.1 Å². The smallest absolute Gasteiger partial charge is 0.388 e. The SMILES string of the molecule is O=C(Nc1cccnc1OC(F)F)NC1COc2c(F)cc(F)cc2C1. The number of pyridine rings is 1. The molecular formula is C16H13F4N3O3. The Kier molecular flexibility index (Phi) is 5.10. The average Bonchev–Trinajstić information content (AvgIpc) is 2.55. The van der Waals surface area contributed by atoms with Crippen molar-refractivity contribution in [3.8, 4) is 11.6 Å². The standard InChI is InChI=1S/C16H13F4N3O3/c17-9-4-8-5-10(7-25-13(8)11(18)6-9)22-16(24)23-12-2-1-3-21-14(12)26-15(19)20/h1-4,6,10,15H,5,7H2,(H2,22,23,24). The molecule has 1 aliphatic heterocycles. The highest BCUT2D eigenvalue weighted by Crippen LogP contribution is 2.29. The van der Waals surface area contributed by atoms with E-state index in [1.165, 1.54) is 18.3 Å². The molecule has 2 N–H and O–H groups in total. The first-order chi connectivity index (χ1) is 12.4. The minimum Gasteiger partial charge on any atom is -0.488 e. The van der Waals surface area contributed by atoms with E-state index in [0.717, 1.165) is 6.07 Å². The van der Waals surface area contributed by atoms with Crippen LogP contribution in [0.2, 0.25) is 0 Å². The first kappa shape index (κ1) is 17.8. The van der Waals surface area contributed by atoms with Crippen LogP contribution in [-0.4, -0.2) is 30.3 Å². The van der Waals surface area contributed by atoms with Crippen molar-refractivity contribution in [2.24, 2.45) is 0 Å². The molecular weight excluding hydrogens is 358 g/mol. The normalized spacial score (nSPS) is 15.8. The second kappa shape index (κ2) is 7.46. The van der Waals surface area contributed by atoms with Crippen molar-refractivity contribution in [3.63, 3.8) is 0 Å². The Bertz CT molecular complexity index is 819. The van der Waals surface area contributed by atoms with Gasteiger partial charge >= 0.3 is 12.6 Å². The van der Waals surface area contributed by atoms with Crippen molar-refractivity contribution in [3.05, 3.63) is 47.7 Å². The summed E-state index contributed by atoms with van der Waals surface area (Å²) < 4.78 is 61.1. The number of aromatic nitrogens is 1. The molecule has 0 fully saturated rings. The van der Waals surface area contributed by atoms with Gasteiger partial charge in [0.25, 0.3) is 0 Å². The lowest BCUT2D eigenvalue weighted by Crippen LogP contribution is -2.44. The molecule has 26 heavy (non-hydrogen) atoms. The summed E-state index contributed by atoms with van der Waals surface area (Å²) in [4.78, 5) is 15.7. The molecule has 6 nitrogen and oxygen atoms in total. The van der Waals surface area contributed by atoms with E-state index in [1.54, 1.807) is 0 Å². The van der Waals surface area contributed by atoms with Crippen molar-refractivity contribution < 1.29 is 31.8 Å². The Morgan fingerprint density at radius 1 is 1.35 bits per heavy atom. The number of anilines is 1. The number of carbonyl (C=O) groups excluding carboxylic acids is 1. The molecule has 1 aromatic heterocycles. The molecule has 2 amide bonds. The molecule has 2 aromatic rings. The summed E-state index contributed by atoms with van der Waals surface area (Å²) in [6.45, 7) is -3.13. The van der Waals surface area contributed by atoms with Crippen LogP contribution in [0.3, 0.4) is 0 Å². The molecule has 1 aliphatic rings. The van der Waals surface area contributed by atoms with Crippen LogP contribution in [0.15, 0.2) is 30.5 Å². The van der Waals surface area contributed by atoms with E-state index >= 15 is 0 Å². The summed E-state index contributed by atoms with van der Waals surface area (Å²) in [5, 5.41) is 4.87. The quantitative estimate of drug-likeness (QED) is 0.811. The van der Waals surface area contributed by atoms with Crippen LogP contribution >= 0.6 is 0 Å². The minimum absolute atomic E-state index is 0.0313. The van der Waals surface area contributed by atoms with Gasteiger partial charge in [0.15, 0.2) is 11.6 Å². The highest BCUT2D eigenvalue weighted by molar-refractivity contribution is 5.90. The fraction of sp³-hybridized carbons (Fsp3) is 0.250. The van der Waals surface area contributed by atoms with Gasteiger partial charge in [0.1, 0.15) is 18.1 Å². The van der Waals surface area contributed by atoms with Gasteiger partial charge in [-0.3, -0.25) is 0 Å². The number of rotatable bonds is 4. The Labute approximate surface area is 145 Å². The van der Waals surface area contributed by atoms with Crippen LogP contribution in [0, 0.1) is 11.6 Å². The minimum atomic E-state index is -3.10. The number of nitrogens with one attached hydrogen (secondary N) is 2. The summed E-state index contributed by atoms with van der Waals surface area (Å²) >= 11 is 0. The molecule has 3 rings (SSSR count). The fourth-order valence-electron chi connectivity index (χ4n) is 2.54. The number of hydrogen-bond acceptors (Lipinski definition) is 4. The molecule has 10 heteroatoms. The number of urea groups is 1. The maximum absolute atomic E-state index is 13.6. The number of ether oxygens (including phenoxy) is 2. The Morgan fingerprint density at radius 2 is 2.15 bits per heavy atom. The number of nitrogens with zero attached hydrogens (tertiary/aromatic N) is 1. The monoisotopic (exact) mass is 371 g/mol. The third-order valence-corrected chi connectivity index (χ3v) is 3.54. The average molecular weight is 371 g/mol. The molecule has 1 aromatic carbocycles. The van der Waals surface area contributed by atoms with Crippen molar-refractivity contribution in [1.29, 1.82) is 0 Å². The fourth-order valence-corrected chi connectivity index (χ4v) is 2.54. The molecule has 2 heterocycles. The van der Waals surface area contributed by atoms with Crippen LogP contribution in [0.5, 0.6) is 11.6 Å². The molecule has 0 saturated heterocycles. The van der Waals surface area contributed by atoms with E-state index in [-0.39, 0.29) is 30.0 Å². The van der Waals surface area contributed by atoms with E-state index in [4.69, 9.17) is 4.74 Å². The van der Waals surface area contributed by atoms with Crippen molar-refractivity contribution >= 4 is 11.7 Å². The summed E-state index contributed by atoms with van der Waals surface area (Å²) in [7, 11) is 0. The van der Waals surface area contributed by atoms with Crippen LogP contribution < -0.4 is 20.1 Å². The Morgan fingerprint density at radius 3 is 2.92 bits per heavy atom. The largest absolute Gasteiger partial charge is 0.488 e. The zero-order valence-corrected chi connectivity index (χ0v) is 13.1. The van der Waals surface area contributed by atoms with E-state index < -0.39 is 36.2 Å². The summed E-state index contributed by atoms with van der Waals surface area (Å²) in [5.41, 5.74) is 0.224. The van der Waals surface area contributed by atoms with Gasteiger partial charge in [-0.1, -0.05) is 0 Å². The zero-order valence-electron chi connectivity index (χ0n) is 13.1. The third-order valence-electron chi connectivity index (χ3n) is 3.54. The van der Waals surface area contributed by atoms with Gasteiger partial charge in [0.05, 0.1) is 6.04 Å². The molecule has 0 bridgehead atoms. The maximum Gasteiger partial charge on any atom is 0.388 e.